The molecule has 0 radical (unpaired) electrons. The molecular weight excluding hydrogens is 390 g/mol. The number of aromatic nitrogens is 3. The van der Waals surface area contributed by atoms with E-state index in [0.717, 1.165) is 22.3 Å². The van der Waals surface area contributed by atoms with Gasteiger partial charge in [-0.1, -0.05) is 23.7 Å². The first-order valence-corrected chi connectivity index (χ1v) is 9.33. The van der Waals surface area contributed by atoms with Gasteiger partial charge in [0.1, 0.15) is 22.3 Å². The number of amides is 1. The second-order valence-electron chi connectivity index (χ2n) is 6.46. The van der Waals surface area contributed by atoms with Crippen molar-refractivity contribution in [3.63, 3.8) is 0 Å². The summed E-state index contributed by atoms with van der Waals surface area (Å²) in [4.78, 5) is 23.5. The third-order valence-corrected chi connectivity index (χ3v) is 4.58. The summed E-state index contributed by atoms with van der Waals surface area (Å²) in [7, 11) is 0. The standard InChI is InChI=1S/C21H18ClN5O2/c22-19-6-3-14(12-26-19)27-21(28)17(23)11-13-1-4-15(5-2-13)29-18-8-10-25-20-16(18)7-9-24-20/h1-10,12,17H,11,23H2,(H,24,25)(H,27,28)/t17-/m0/s1. The maximum atomic E-state index is 12.3. The van der Waals surface area contributed by atoms with Crippen molar-refractivity contribution in [1.29, 1.82) is 0 Å². The molecule has 4 aromatic rings. The van der Waals surface area contributed by atoms with Crippen molar-refractivity contribution in [3.8, 4) is 11.5 Å². The van der Waals surface area contributed by atoms with Crippen LogP contribution in [0.25, 0.3) is 11.0 Å². The van der Waals surface area contributed by atoms with Crippen molar-refractivity contribution >= 4 is 34.2 Å². The molecule has 3 aromatic heterocycles. The number of H-pyrrole nitrogens is 1. The molecule has 0 bridgehead atoms. The maximum Gasteiger partial charge on any atom is 0.241 e. The van der Waals surface area contributed by atoms with Crippen molar-refractivity contribution in [3.05, 3.63) is 77.8 Å². The molecule has 4 rings (SSSR count). The second-order valence-corrected chi connectivity index (χ2v) is 6.85. The molecular formula is C21H18ClN5O2. The van der Waals surface area contributed by atoms with E-state index < -0.39 is 6.04 Å². The van der Waals surface area contributed by atoms with Gasteiger partial charge in [-0.2, -0.15) is 0 Å². The molecule has 0 aliphatic heterocycles. The molecule has 0 aliphatic rings. The summed E-state index contributed by atoms with van der Waals surface area (Å²) in [6.45, 7) is 0. The van der Waals surface area contributed by atoms with Gasteiger partial charge < -0.3 is 20.8 Å². The minimum Gasteiger partial charge on any atom is -0.457 e. The topological polar surface area (TPSA) is 106 Å². The molecule has 29 heavy (non-hydrogen) atoms. The molecule has 0 saturated heterocycles. The summed E-state index contributed by atoms with van der Waals surface area (Å²) in [5.41, 5.74) is 8.28. The van der Waals surface area contributed by atoms with Crippen LogP contribution >= 0.6 is 11.6 Å². The van der Waals surface area contributed by atoms with Crippen molar-refractivity contribution in [2.45, 2.75) is 12.5 Å². The fourth-order valence-electron chi connectivity index (χ4n) is 2.88. The molecule has 0 spiro atoms. The Morgan fingerprint density at radius 1 is 1.14 bits per heavy atom. The number of pyridine rings is 2. The Labute approximate surface area is 171 Å². The van der Waals surface area contributed by atoms with Crippen LogP contribution < -0.4 is 15.8 Å². The van der Waals surface area contributed by atoms with Crippen LogP contribution in [0, 0.1) is 0 Å². The summed E-state index contributed by atoms with van der Waals surface area (Å²) >= 11 is 5.74. The number of hydrogen-bond donors (Lipinski definition) is 3. The van der Waals surface area contributed by atoms with Crippen LogP contribution in [0.2, 0.25) is 5.15 Å². The number of halogens is 1. The van der Waals surface area contributed by atoms with Gasteiger partial charge in [-0.05, 0) is 48.4 Å². The predicted octanol–water partition coefficient (Wildman–Crippen LogP) is 3.91. The number of nitrogens with two attached hydrogens (primary N) is 1. The van der Waals surface area contributed by atoms with E-state index in [9.17, 15) is 4.79 Å². The number of nitrogens with zero attached hydrogens (tertiary/aromatic N) is 2. The summed E-state index contributed by atoms with van der Waals surface area (Å²) in [5.74, 6) is 1.12. The van der Waals surface area contributed by atoms with E-state index in [1.807, 2.05) is 42.6 Å². The number of nitrogens with one attached hydrogen (secondary N) is 2. The normalized spacial score (nSPS) is 11.9. The maximum absolute atomic E-state index is 12.3. The first-order valence-electron chi connectivity index (χ1n) is 8.95. The highest BCUT2D eigenvalue weighted by Gasteiger charge is 2.15. The summed E-state index contributed by atoms with van der Waals surface area (Å²) < 4.78 is 5.96. The smallest absolute Gasteiger partial charge is 0.241 e. The van der Waals surface area contributed by atoms with Crippen molar-refractivity contribution in [2.24, 2.45) is 5.73 Å². The third kappa shape index (κ3) is 4.53. The molecule has 0 unspecified atom stereocenters. The summed E-state index contributed by atoms with van der Waals surface area (Å²) in [6.07, 6.45) is 5.39. The number of ether oxygens (including phenoxy) is 1. The lowest BCUT2D eigenvalue weighted by Gasteiger charge is -2.13. The molecule has 1 atom stereocenters. The Morgan fingerprint density at radius 2 is 1.97 bits per heavy atom. The fourth-order valence-corrected chi connectivity index (χ4v) is 2.99. The number of carbonyl (C=O) groups excluding carboxylic acids is 1. The van der Waals surface area contributed by atoms with Gasteiger partial charge in [-0.15, -0.1) is 0 Å². The average molecular weight is 408 g/mol. The Morgan fingerprint density at radius 3 is 2.72 bits per heavy atom. The first-order chi connectivity index (χ1) is 14.1. The van der Waals surface area contributed by atoms with Crippen LogP contribution in [0.3, 0.4) is 0 Å². The van der Waals surface area contributed by atoms with Gasteiger partial charge in [0, 0.05) is 12.4 Å². The highest BCUT2D eigenvalue weighted by molar-refractivity contribution is 6.29. The Balaban J connectivity index is 1.38. The first kappa shape index (κ1) is 18.9. The molecule has 146 valence electrons. The van der Waals surface area contributed by atoms with E-state index in [1.54, 1.807) is 18.3 Å². The lowest BCUT2D eigenvalue weighted by Crippen LogP contribution is -2.37. The molecule has 8 heteroatoms. The molecule has 3 heterocycles. The third-order valence-electron chi connectivity index (χ3n) is 4.36. The molecule has 1 aromatic carbocycles. The zero-order chi connectivity index (χ0) is 20.2. The van der Waals surface area contributed by atoms with Crippen LogP contribution in [0.15, 0.2) is 67.1 Å². The second kappa shape index (κ2) is 8.30. The predicted molar refractivity (Wildman–Crippen MR) is 112 cm³/mol. The Hall–Kier alpha value is -3.42. The highest BCUT2D eigenvalue weighted by Crippen LogP contribution is 2.28. The van der Waals surface area contributed by atoms with Gasteiger partial charge in [0.15, 0.2) is 0 Å². The molecule has 1 amide bonds. The summed E-state index contributed by atoms with van der Waals surface area (Å²) in [6, 6.07) is 13.8. The van der Waals surface area contributed by atoms with Crippen molar-refractivity contribution < 1.29 is 9.53 Å². The SMILES string of the molecule is N[C@@H](Cc1ccc(Oc2ccnc3[nH]ccc23)cc1)C(=O)Nc1ccc(Cl)nc1. The quantitative estimate of drug-likeness (QED) is 0.420. The lowest BCUT2D eigenvalue weighted by atomic mass is 10.1. The van der Waals surface area contributed by atoms with Gasteiger partial charge in [-0.3, -0.25) is 4.79 Å². The zero-order valence-corrected chi connectivity index (χ0v) is 16.1. The number of aromatic amines is 1. The molecule has 0 aliphatic carbocycles. The van der Waals surface area contributed by atoms with E-state index in [4.69, 9.17) is 22.1 Å². The minimum absolute atomic E-state index is 0.291. The van der Waals surface area contributed by atoms with E-state index in [1.165, 1.54) is 6.20 Å². The van der Waals surface area contributed by atoms with E-state index in [2.05, 4.69) is 20.3 Å². The van der Waals surface area contributed by atoms with Crippen LogP contribution in [-0.4, -0.2) is 26.9 Å². The van der Waals surface area contributed by atoms with Crippen LogP contribution in [0.4, 0.5) is 5.69 Å². The molecule has 4 N–H and O–H groups in total. The summed E-state index contributed by atoms with van der Waals surface area (Å²) in [5, 5.41) is 4.00. The van der Waals surface area contributed by atoms with Gasteiger partial charge in [0.05, 0.1) is 23.3 Å². The Bertz CT molecular complexity index is 1130. The monoisotopic (exact) mass is 407 g/mol. The number of anilines is 1. The van der Waals surface area contributed by atoms with Gasteiger partial charge in [0.2, 0.25) is 5.91 Å². The number of fused-ring (bicyclic) bond motifs is 1. The van der Waals surface area contributed by atoms with Crippen LogP contribution in [-0.2, 0) is 11.2 Å². The Kier molecular flexibility index (Phi) is 5.41. The van der Waals surface area contributed by atoms with E-state index >= 15 is 0 Å². The van der Waals surface area contributed by atoms with Gasteiger partial charge in [0.25, 0.3) is 0 Å². The largest absolute Gasteiger partial charge is 0.457 e. The number of hydrogen-bond acceptors (Lipinski definition) is 5. The minimum atomic E-state index is -0.697. The number of rotatable bonds is 6. The van der Waals surface area contributed by atoms with Crippen molar-refractivity contribution in [2.75, 3.05) is 5.32 Å². The fraction of sp³-hybridized carbons (Fsp3) is 0.0952. The van der Waals surface area contributed by atoms with Crippen molar-refractivity contribution in [1.82, 2.24) is 15.0 Å². The highest BCUT2D eigenvalue weighted by atomic mass is 35.5. The molecule has 0 saturated carbocycles. The van der Waals surface area contributed by atoms with E-state index in [0.29, 0.717) is 23.0 Å². The van der Waals surface area contributed by atoms with Gasteiger partial charge >= 0.3 is 0 Å². The average Bonchev–Trinajstić information content (AvgIpc) is 3.21. The zero-order valence-electron chi connectivity index (χ0n) is 15.3. The van der Waals surface area contributed by atoms with Crippen LogP contribution in [0.1, 0.15) is 5.56 Å². The lowest BCUT2D eigenvalue weighted by molar-refractivity contribution is -0.117. The number of carbonyl (C=O) groups is 1. The van der Waals surface area contributed by atoms with Crippen LogP contribution in [0.5, 0.6) is 11.5 Å². The molecule has 7 nitrogen and oxygen atoms in total. The molecule has 0 fully saturated rings. The number of benzene rings is 1. The van der Waals surface area contributed by atoms with Gasteiger partial charge in [-0.25, -0.2) is 9.97 Å². The van der Waals surface area contributed by atoms with E-state index in [-0.39, 0.29) is 5.91 Å².